The van der Waals surface area contributed by atoms with Crippen molar-refractivity contribution in [1.82, 2.24) is 14.7 Å². The van der Waals surface area contributed by atoms with Crippen molar-refractivity contribution in [3.8, 4) is 5.75 Å². The Morgan fingerprint density at radius 1 is 1.22 bits per heavy atom. The van der Waals surface area contributed by atoms with Gasteiger partial charge in [0.2, 0.25) is 0 Å². The first-order chi connectivity index (χ1) is 13.0. The summed E-state index contributed by atoms with van der Waals surface area (Å²) < 4.78 is 0. The van der Waals surface area contributed by atoms with Crippen LogP contribution in [0.25, 0.3) is 0 Å². The fourth-order valence-electron chi connectivity index (χ4n) is 4.33. The Balaban J connectivity index is 1.70. The summed E-state index contributed by atoms with van der Waals surface area (Å²) >= 11 is 5.89. The molecule has 2 fully saturated rings. The van der Waals surface area contributed by atoms with E-state index in [-0.39, 0.29) is 18.3 Å². The van der Waals surface area contributed by atoms with Crippen LogP contribution in [0.15, 0.2) is 18.2 Å². The fourth-order valence-corrected chi connectivity index (χ4v) is 4.50. The molecule has 0 aliphatic carbocycles. The molecule has 2 saturated heterocycles. The molecule has 2 N–H and O–H groups in total. The quantitative estimate of drug-likeness (QED) is 0.797. The van der Waals surface area contributed by atoms with Crippen molar-refractivity contribution >= 4 is 17.5 Å². The molecule has 27 heavy (non-hydrogen) atoms. The van der Waals surface area contributed by atoms with Gasteiger partial charge in [0.25, 0.3) is 5.91 Å². The van der Waals surface area contributed by atoms with Gasteiger partial charge in [-0.15, -0.1) is 0 Å². The Morgan fingerprint density at radius 3 is 2.63 bits per heavy atom. The van der Waals surface area contributed by atoms with Crippen molar-refractivity contribution < 1.29 is 15.0 Å². The molecule has 0 unspecified atom stereocenters. The van der Waals surface area contributed by atoms with Crippen LogP contribution in [0.4, 0.5) is 0 Å². The average molecular weight is 396 g/mol. The van der Waals surface area contributed by atoms with Crippen LogP contribution in [0.1, 0.15) is 29.6 Å². The van der Waals surface area contributed by atoms with Gasteiger partial charge in [-0.1, -0.05) is 11.6 Å². The number of piperazine rings is 1. The normalized spacial score (nSPS) is 24.9. The monoisotopic (exact) mass is 395 g/mol. The van der Waals surface area contributed by atoms with Gasteiger partial charge in [-0.05, 0) is 50.4 Å². The van der Waals surface area contributed by atoms with E-state index in [0.29, 0.717) is 35.6 Å². The predicted molar refractivity (Wildman–Crippen MR) is 106 cm³/mol. The number of aromatic hydroxyl groups is 1. The fraction of sp³-hybridized carbons (Fsp3) is 0.650. The lowest BCUT2D eigenvalue weighted by atomic mass is 9.86. The minimum Gasteiger partial charge on any atom is -0.507 e. The molecule has 0 spiro atoms. The van der Waals surface area contributed by atoms with E-state index in [0.717, 1.165) is 45.4 Å². The maximum atomic E-state index is 12.9. The van der Waals surface area contributed by atoms with Gasteiger partial charge in [-0.25, -0.2) is 0 Å². The second-order valence-electron chi connectivity index (χ2n) is 7.73. The van der Waals surface area contributed by atoms with Crippen LogP contribution in [0.5, 0.6) is 5.75 Å². The maximum absolute atomic E-state index is 12.9. The molecule has 0 saturated carbocycles. The second kappa shape index (κ2) is 9.24. The SMILES string of the molecule is CN1CCN([C@H]2CCN(C(=O)c3ccc(Cl)cc3O)C[C@H]2CCCO)CC1. The third-order valence-corrected chi connectivity index (χ3v) is 6.15. The van der Waals surface area contributed by atoms with Crippen molar-refractivity contribution in [3.63, 3.8) is 0 Å². The van der Waals surface area contributed by atoms with E-state index in [1.165, 1.54) is 6.07 Å². The van der Waals surface area contributed by atoms with Crippen LogP contribution in [0.3, 0.4) is 0 Å². The zero-order chi connectivity index (χ0) is 19.4. The number of hydrogen-bond donors (Lipinski definition) is 2. The molecule has 0 radical (unpaired) electrons. The minimum atomic E-state index is -0.144. The molecule has 150 valence electrons. The molecule has 2 aliphatic rings. The van der Waals surface area contributed by atoms with Gasteiger partial charge in [0.05, 0.1) is 5.56 Å². The van der Waals surface area contributed by atoms with Crippen LogP contribution < -0.4 is 0 Å². The largest absolute Gasteiger partial charge is 0.507 e. The van der Waals surface area contributed by atoms with Gasteiger partial charge in [0, 0.05) is 56.9 Å². The third kappa shape index (κ3) is 4.93. The molecule has 1 aromatic carbocycles. The first-order valence-corrected chi connectivity index (χ1v) is 10.2. The zero-order valence-corrected chi connectivity index (χ0v) is 16.7. The Kier molecular flexibility index (Phi) is 6.98. The third-order valence-electron chi connectivity index (χ3n) is 5.91. The van der Waals surface area contributed by atoms with Crippen molar-refractivity contribution in [3.05, 3.63) is 28.8 Å². The topological polar surface area (TPSA) is 67.2 Å². The number of amides is 1. The van der Waals surface area contributed by atoms with Gasteiger partial charge < -0.3 is 20.0 Å². The van der Waals surface area contributed by atoms with Crippen LogP contribution >= 0.6 is 11.6 Å². The Bertz CT molecular complexity index is 649. The number of carbonyl (C=O) groups excluding carboxylic acids is 1. The van der Waals surface area contributed by atoms with Gasteiger partial charge in [-0.2, -0.15) is 0 Å². The summed E-state index contributed by atoms with van der Waals surface area (Å²) in [7, 11) is 2.15. The summed E-state index contributed by atoms with van der Waals surface area (Å²) in [6.45, 7) is 5.80. The van der Waals surface area contributed by atoms with E-state index in [1.54, 1.807) is 12.1 Å². The van der Waals surface area contributed by atoms with Crippen LogP contribution in [-0.4, -0.2) is 89.8 Å². The first kappa shape index (κ1) is 20.4. The Labute approximate surface area is 166 Å². The highest BCUT2D eigenvalue weighted by atomic mass is 35.5. The van der Waals surface area contributed by atoms with Gasteiger partial charge in [0.15, 0.2) is 0 Å². The van der Waals surface area contributed by atoms with Gasteiger partial charge in [-0.3, -0.25) is 9.69 Å². The number of aliphatic hydroxyl groups excluding tert-OH is 1. The number of piperidine rings is 1. The maximum Gasteiger partial charge on any atom is 0.257 e. The van der Waals surface area contributed by atoms with E-state index in [2.05, 4.69) is 16.8 Å². The summed E-state index contributed by atoms with van der Waals surface area (Å²) in [4.78, 5) is 19.7. The van der Waals surface area contributed by atoms with Crippen LogP contribution in [0, 0.1) is 5.92 Å². The molecule has 0 aromatic heterocycles. The predicted octanol–water partition coefficient (Wildman–Crippen LogP) is 1.90. The summed E-state index contributed by atoms with van der Waals surface area (Å²) in [5, 5.41) is 19.8. The molecule has 6 nitrogen and oxygen atoms in total. The molecule has 2 aliphatic heterocycles. The second-order valence-corrected chi connectivity index (χ2v) is 8.17. The van der Waals surface area contributed by atoms with Crippen molar-refractivity contribution in [2.75, 3.05) is 52.9 Å². The molecule has 0 bridgehead atoms. The van der Waals surface area contributed by atoms with E-state index in [1.807, 2.05) is 4.90 Å². The zero-order valence-electron chi connectivity index (χ0n) is 16.0. The smallest absolute Gasteiger partial charge is 0.257 e. The molecule has 2 heterocycles. The summed E-state index contributed by atoms with van der Waals surface area (Å²) in [6, 6.07) is 5.09. The van der Waals surface area contributed by atoms with Crippen molar-refractivity contribution in [2.45, 2.75) is 25.3 Å². The van der Waals surface area contributed by atoms with E-state index in [9.17, 15) is 15.0 Å². The number of phenolic OH excluding ortho intramolecular Hbond substituents is 1. The minimum absolute atomic E-state index is 0.0689. The number of nitrogens with zero attached hydrogens (tertiary/aromatic N) is 3. The number of likely N-dealkylation sites (N-methyl/N-ethyl adjacent to an activating group) is 1. The number of carbonyl (C=O) groups is 1. The lowest BCUT2D eigenvalue weighted by Gasteiger charge is -2.46. The molecular formula is C20H30ClN3O3. The number of phenols is 1. The highest BCUT2D eigenvalue weighted by Crippen LogP contribution is 2.30. The lowest BCUT2D eigenvalue weighted by Crippen LogP contribution is -2.56. The van der Waals surface area contributed by atoms with Crippen LogP contribution in [-0.2, 0) is 0 Å². The van der Waals surface area contributed by atoms with E-state index < -0.39 is 0 Å². The van der Waals surface area contributed by atoms with Gasteiger partial charge in [0.1, 0.15) is 5.75 Å². The number of halogens is 1. The highest BCUT2D eigenvalue weighted by Gasteiger charge is 2.36. The molecule has 1 aromatic rings. The number of likely N-dealkylation sites (tertiary alicyclic amines) is 1. The summed E-state index contributed by atoms with van der Waals surface area (Å²) in [5.41, 5.74) is 0.304. The summed E-state index contributed by atoms with van der Waals surface area (Å²) in [5.74, 6) is 0.128. The van der Waals surface area contributed by atoms with Crippen LogP contribution in [0.2, 0.25) is 5.02 Å². The number of rotatable bonds is 5. The number of aliphatic hydroxyl groups is 1. The summed E-state index contributed by atoms with van der Waals surface area (Å²) in [6.07, 6.45) is 2.59. The first-order valence-electron chi connectivity index (χ1n) is 9.81. The van der Waals surface area contributed by atoms with Gasteiger partial charge >= 0.3 is 0 Å². The molecule has 2 atom stereocenters. The molecule has 1 amide bonds. The lowest BCUT2D eigenvalue weighted by molar-refractivity contribution is 0.0217. The Hall–Kier alpha value is -1.34. The molecule has 7 heteroatoms. The highest BCUT2D eigenvalue weighted by molar-refractivity contribution is 6.30. The van der Waals surface area contributed by atoms with E-state index in [4.69, 9.17) is 11.6 Å². The van der Waals surface area contributed by atoms with E-state index >= 15 is 0 Å². The average Bonchev–Trinajstić information content (AvgIpc) is 2.66. The molecule has 3 rings (SSSR count). The van der Waals surface area contributed by atoms with Crippen molar-refractivity contribution in [1.29, 1.82) is 0 Å². The standard InChI is InChI=1S/C20H30ClN3O3/c1-22-8-10-23(11-9-22)18-6-7-24(14-15(18)3-2-12-25)20(27)17-5-4-16(21)13-19(17)26/h4-5,13,15,18,25-26H,2-3,6-12,14H2,1H3/t15-,18+/m1/s1. The Morgan fingerprint density at radius 2 is 1.96 bits per heavy atom. The number of hydrogen-bond acceptors (Lipinski definition) is 5. The van der Waals surface area contributed by atoms with Crippen molar-refractivity contribution in [2.24, 2.45) is 5.92 Å². The number of benzene rings is 1. The molecular weight excluding hydrogens is 366 g/mol.